The van der Waals surface area contributed by atoms with Crippen molar-refractivity contribution in [2.45, 2.75) is 181 Å². The van der Waals surface area contributed by atoms with E-state index in [1.807, 2.05) is 27.7 Å². The minimum atomic E-state index is -0.931. The fraction of sp³-hybridized carbons (Fsp3) is 0.518. The van der Waals surface area contributed by atoms with Crippen LogP contribution >= 0.6 is 21.6 Å². The Balaban J connectivity index is 1.01. The lowest BCUT2D eigenvalue weighted by atomic mass is 9.53. The number of fused-ring (bicyclic) bond motifs is 17. The quantitative estimate of drug-likeness (QED) is 0.0291. The number of carbonyl (C=O) groups is 1. The first-order chi connectivity index (χ1) is 49.8. The first kappa shape index (κ1) is 68.3. The maximum atomic E-state index is 14.2. The smallest absolute Gasteiger partial charge is 0.302 e. The van der Waals surface area contributed by atoms with Gasteiger partial charge in [0.15, 0.2) is 18.3 Å². The lowest BCUT2D eigenvalue weighted by Crippen LogP contribution is -2.54. The number of ether oxygens (including phenoxy) is 5. The van der Waals surface area contributed by atoms with E-state index in [4.69, 9.17) is 23.7 Å². The summed E-state index contributed by atoms with van der Waals surface area (Å²) in [4.78, 5) is 13.7. The number of aliphatic hydroxyl groups is 3. The summed E-state index contributed by atoms with van der Waals surface area (Å²) in [7, 11) is 5.56. The van der Waals surface area contributed by atoms with Crippen molar-refractivity contribution in [1.29, 1.82) is 0 Å². The Morgan fingerprint density at radius 2 is 1.79 bits per heavy atom. The molecular weight excluding hydrogens is 1320 g/mol. The highest BCUT2D eigenvalue weighted by atomic mass is 33.1. The summed E-state index contributed by atoms with van der Waals surface area (Å²) in [6.45, 7) is 4.60. The molecule has 3 saturated carbocycles. The molecule has 102 heavy (non-hydrogen) atoms. The van der Waals surface area contributed by atoms with Crippen molar-refractivity contribution in [3.05, 3.63) is 163 Å². The van der Waals surface area contributed by atoms with Crippen LogP contribution in [0.1, 0.15) is 164 Å². The van der Waals surface area contributed by atoms with Gasteiger partial charge >= 0.3 is 5.97 Å². The minimum Gasteiger partial charge on any atom is -0.508 e. The van der Waals surface area contributed by atoms with Crippen molar-refractivity contribution < 1.29 is 54.0 Å². The van der Waals surface area contributed by atoms with Crippen LogP contribution in [0.3, 0.4) is 0 Å². The third kappa shape index (κ3) is 12.0. The van der Waals surface area contributed by atoms with E-state index < -0.39 is 53.7 Å². The summed E-state index contributed by atoms with van der Waals surface area (Å²) in [5, 5.41) is 78.2. The van der Waals surface area contributed by atoms with Gasteiger partial charge in [0, 0.05) is 119 Å². The summed E-state index contributed by atoms with van der Waals surface area (Å²) in [6.07, 6.45) is 17.1. The fourth-order valence-corrected chi connectivity index (χ4v) is 24.4. The molecule has 11 bridgehead atoms. The highest BCUT2D eigenvalue weighted by Gasteiger charge is 2.59. The monoisotopic (exact) mass is 1410 g/mol. The Morgan fingerprint density at radius 1 is 0.902 bits per heavy atom. The molecule has 2 saturated heterocycles. The molecule has 0 aromatic heterocycles. The van der Waals surface area contributed by atoms with Gasteiger partial charge in [0.25, 0.3) is 0 Å². The SMILES string of the molecule is COCC1C2C#CC3C#CC4=C(C=C5C(C)CCNC5N4)C(C4CCC5(Cc6cc(O)cc(OCO)c6-c6ccc7c(c65)OC(c5c6c(c(O)c(c53)CNCC1CO)OC1C(C=C6)NC3CCCC(CSSC1Cc1ccccc1)C3)C7COC(C)=O)C4)C1(CCCCC1O)c1cccc(c1)C2. The number of aromatic hydroxyl groups is 2. The van der Waals surface area contributed by atoms with Gasteiger partial charge in [-0.2, -0.15) is 0 Å². The first-order valence-corrected chi connectivity index (χ1v) is 40.2. The molecule has 0 amide bonds. The zero-order chi connectivity index (χ0) is 69.5. The lowest BCUT2D eigenvalue weighted by molar-refractivity contribution is -0.141. The average molecular weight is 1410 g/mol. The van der Waals surface area contributed by atoms with E-state index in [-0.39, 0.29) is 90.3 Å². The van der Waals surface area contributed by atoms with E-state index >= 15 is 0 Å². The van der Waals surface area contributed by atoms with Crippen LogP contribution in [-0.2, 0) is 50.9 Å². The highest BCUT2D eigenvalue weighted by Crippen LogP contribution is 2.67. The number of hydrogen-bond acceptors (Lipinski definition) is 17. The van der Waals surface area contributed by atoms with Crippen LogP contribution in [0, 0.1) is 65.1 Å². The van der Waals surface area contributed by atoms with Crippen LogP contribution in [0.15, 0.2) is 108 Å². The van der Waals surface area contributed by atoms with Crippen molar-refractivity contribution >= 4 is 33.6 Å². The number of methoxy groups -OCH3 is 1. The predicted molar refractivity (Wildman–Crippen MR) is 398 cm³/mol. The van der Waals surface area contributed by atoms with Gasteiger partial charge in [0.2, 0.25) is 0 Å². The summed E-state index contributed by atoms with van der Waals surface area (Å²) in [6, 6.07) is 27.4. The van der Waals surface area contributed by atoms with Gasteiger partial charge in [-0.1, -0.05) is 150 Å². The summed E-state index contributed by atoms with van der Waals surface area (Å²) in [5.74, 6) is 15.8. The Hall–Kier alpha value is -6.87. The fourth-order valence-electron chi connectivity index (χ4n) is 21.2. The molecule has 9 N–H and O–H groups in total. The van der Waals surface area contributed by atoms with Gasteiger partial charge in [-0.15, -0.1) is 0 Å². The van der Waals surface area contributed by atoms with Crippen LogP contribution in [0.5, 0.6) is 28.7 Å². The number of phenols is 2. The molecule has 12 aliphatic rings. The molecule has 5 aliphatic carbocycles. The molecule has 7 heterocycles. The van der Waals surface area contributed by atoms with Crippen LogP contribution in [0.25, 0.3) is 17.2 Å². The van der Waals surface area contributed by atoms with E-state index in [2.05, 4.69) is 137 Å². The number of phenolic OH excluding ortho intramolecular Hbond substituents is 2. The Bertz CT molecular complexity index is 4320. The Kier molecular flexibility index (Phi) is 18.9. The van der Waals surface area contributed by atoms with Crippen LogP contribution < -0.4 is 35.5 Å². The maximum absolute atomic E-state index is 14.2. The van der Waals surface area contributed by atoms with Crippen molar-refractivity contribution in [2.24, 2.45) is 41.4 Å². The second-order valence-electron chi connectivity index (χ2n) is 31.6. The molecule has 15 nitrogen and oxygen atoms in total. The van der Waals surface area contributed by atoms with Crippen molar-refractivity contribution in [3.8, 4) is 63.6 Å². The van der Waals surface area contributed by atoms with E-state index in [0.717, 1.165) is 132 Å². The van der Waals surface area contributed by atoms with E-state index in [0.29, 0.717) is 78.7 Å². The van der Waals surface area contributed by atoms with Gasteiger partial charge < -0.3 is 65.2 Å². The molecule has 5 fully saturated rings. The largest absolute Gasteiger partial charge is 0.508 e. The van der Waals surface area contributed by atoms with E-state index in [9.17, 15) is 30.3 Å². The van der Waals surface area contributed by atoms with E-state index in [1.54, 1.807) is 13.2 Å². The van der Waals surface area contributed by atoms with Gasteiger partial charge in [-0.25, -0.2) is 0 Å². The second kappa shape index (κ2) is 28.2. The summed E-state index contributed by atoms with van der Waals surface area (Å²) < 4.78 is 35.0. The van der Waals surface area contributed by atoms with Gasteiger partial charge in [0.1, 0.15) is 48.1 Å². The summed E-state index contributed by atoms with van der Waals surface area (Å²) in [5.41, 5.74) is 12.1. The highest BCUT2D eigenvalue weighted by molar-refractivity contribution is 8.77. The normalized spacial score (nSPS) is 33.7. The molecule has 5 aromatic carbocycles. The van der Waals surface area contributed by atoms with Gasteiger partial charge in [-0.05, 0) is 158 Å². The molecule has 534 valence electrons. The molecule has 17 heteroatoms. The Morgan fingerprint density at radius 3 is 2.64 bits per heavy atom. The zero-order valence-electron chi connectivity index (χ0n) is 58.7. The lowest BCUT2D eigenvalue weighted by Gasteiger charge is -2.52. The molecule has 18 unspecified atom stereocenters. The number of benzene rings is 5. The predicted octanol–water partition coefficient (Wildman–Crippen LogP) is 12.2. The standard InChI is InChI=1S/C85H96N4O11S2/c1-47-27-30-87-83-63(47)37-64-68(89-83)24-20-52-18-19-53-31-50-13-9-15-57(32-50)85(28-8-7-17-72(85)94)76(64)54-26-29-84(38-54)39-55-35-59(93)36-70(98-46-91)73(55)61-22-21-60-67(44-97-48(2)92)79(99-80(60)77(61)84)75-62-23-25-69-82(100-81(62)78(95)65(74(52)75)41-86-40-56(42-90)66(53)43-96-3)71(34-49-11-5-4-6-12-49)102-101-45-51-14-10-16-58(33-51)88-69/h4-6,9,11-13,15,21-23,25,32,35-37,47,51-54,56,58,66-67,69,71-72,76,79,82-83,86-91,93-95H,7-8,10,14,16-17,26-31,33-34,38-46H2,1-3H3. The van der Waals surface area contributed by atoms with E-state index in [1.165, 1.54) is 24.5 Å². The van der Waals surface area contributed by atoms with Crippen LogP contribution in [0.4, 0.5) is 0 Å². The number of nitrogens with one attached hydrogen (secondary N) is 4. The molecule has 2 spiro atoms. The van der Waals surface area contributed by atoms with Crippen molar-refractivity contribution in [3.63, 3.8) is 0 Å². The number of dihydropyridines is 1. The molecule has 7 aliphatic heterocycles. The summed E-state index contributed by atoms with van der Waals surface area (Å²) >= 11 is 0. The van der Waals surface area contributed by atoms with Crippen molar-refractivity contribution in [2.75, 3.05) is 52.6 Å². The number of aliphatic hydroxyl groups excluding tert-OH is 3. The number of piperidine rings is 1. The zero-order valence-corrected chi connectivity index (χ0v) is 60.4. The number of hydrogen-bond donors (Lipinski definition) is 9. The Labute approximate surface area is 607 Å². The van der Waals surface area contributed by atoms with Crippen molar-refractivity contribution in [1.82, 2.24) is 21.3 Å². The third-order valence-electron chi connectivity index (χ3n) is 25.8. The first-order valence-electron chi connectivity index (χ1n) is 37.8. The van der Waals surface area contributed by atoms with Gasteiger partial charge in [-0.3, -0.25) is 10.1 Å². The van der Waals surface area contributed by atoms with Gasteiger partial charge in [0.05, 0.1) is 35.6 Å². The number of allylic oxidation sites excluding steroid dienone is 3. The molecule has 0 radical (unpaired) electrons. The molecule has 18 atom stereocenters. The molecule has 5 aromatic rings. The second-order valence-corrected chi connectivity index (χ2v) is 34.3. The number of carbonyl (C=O) groups excluding carboxylic acids is 1. The molecular formula is C85H96N4O11S2. The third-order valence-corrected chi connectivity index (χ3v) is 28.8. The average Bonchev–Trinajstić information content (AvgIpc) is 1.48. The molecule has 17 rings (SSSR count). The van der Waals surface area contributed by atoms with Crippen LogP contribution in [-0.4, -0.2) is 120 Å². The number of rotatable bonds is 9. The van der Waals surface area contributed by atoms with Crippen LogP contribution in [0.2, 0.25) is 0 Å². The number of esters is 1. The topological polar surface area (TPSA) is 212 Å². The minimum absolute atomic E-state index is 0.0241. The maximum Gasteiger partial charge on any atom is 0.302 e.